The molecular formula is C18H26N4O2S. The highest BCUT2D eigenvalue weighted by molar-refractivity contribution is 7.86. The molecule has 1 aromatic carbocycles. The van der Waals surface area contributed by atoms with E-state index in [0.29, 0.717) is 19.5 Å². The summed E-state index contributed by atoms with van der Waals surface area (Å²) in [7, 11) is 0.0415. The van der Waals surface area contributed by atoms with Crippen LogP contribution in [0.4, 0.5) is 0 Å². The van der Waals surface area contributed by atoms with E-state index in [-0.39, 0.29) is 6.04 Å². The van der Waals surface area contributed by atoms with Crippen LogP contribution in [0.1, 0.15) is 36.4 Å². The third-order valence-electron chi connectivity index (χ3n) is 4.81. The maximum Gasteiger partial charge on any atom is 0.282 e. The van der Waals surface area contributed by atoms with Crippen molar-refractivity contribution in [2.45, 2.75) is 31.7 Å². The van der Waals surface area contributed by atoms with Crippen LogP contribution in [0.2, 0.25) is 0 Å². The van der Waals surface area contributed by atoms with E-state index >= 15 is 0 Å². The lowest BCUT2D eigenvalue weighted by molar-refractivity contribution is 0.239. The van der Waals surface area contributed by atoms with E-state index in [0.717, 1.165) is 30.4 Å². The summed E-state index contributed by atoms with van der Waals surface area (Å²) in [4.78, 5) is 0. The summed E-state index contributed by atoms with van der Waals surface area (Å²) >= 11 is 0. The predicted molar refractivity (Wildman–Crippen MR) is 98.2 cm³/mol. The van der Waals surface area contributed by atoms with Gasteiger partial charge in [0.05, 0.1) is 12.2 Å². The minimum atomic E-state index is -3.49. The molecule has 2 heterocycles. The van der Waals surface area contributed by atoms with Crippen molar-refractivity contribution in [1.29, 1.82) is 0 Å². The van der Waals surface area contributed by atoms with Gasteiger partial charge in [-0.25, -0.2) is 0 Å². The van der Waals surface area contributed by atoms with Crippen LogP contribution >= 0.6 is 0 Å². The number of aryl methyl sites for hydroxylation is 1. The molecule has 1 saturated heterocycles. The van der Waals surface area contributed by atoms with Gasteiger partial charge in [-0.1, -0.05) is 36.8 Å². The monoisotopic (exact) mass is 362 g/mol. The summed E-state index contributed by atoms with van der Waals surface area (Å²) in [5.41, 5.74) is 2.12. The van der Waals surface area contributed by atoms with E-state index in [1.54, 1.807) is 22.2 Å². The summed E-state index contributed by atoms with van der Waals surface area (Å²) in [6, 6.07) is 9.86. The molecule has 0 aliphatic carbocycles. The molecule has 2 aromatic rings. The van der Waals surface area contributed by atoms with Crippen molar-refractivity contribution in [3.8, 4) is 0 Å². The molecule has 0 bridgehead atoms. The lowest BCUT2D eigenvalue weighted by Gasteiger charge is -2.36. The Morgan fingerprint density at radius 1 is 1.24 bits per heavy atom. The van der Waals surface area contributed by atoms with E-state index in [1.165, 1.54) is 4.31 Å². The van der Waals surface area contributed by atoms with Gasteiger partial charge in [0.2, 0.25) is 0 Å². The first-order valence-electron chi connectivity index (χ1n) is 8.74. The molecular weight excluding hydrogens is 336 g/mol. The third-order valence-corrected chi connectivity index (χ3v) is 6.81. The average molecular weight is 362 g/mol. The van der Waals surface area contributed by atoms with Crippen LogP contribution in [-0.4, -0.2) is 46.9 Å². The highest BCUT2D eigenvalue weighted by atomic mass is 32.2. The number of piperidine rings is 1. The highest BCUT2D eigenvalue weighted by Crippen LogP contribution is 2.33. The van der Waals surface area contributed by atoms with Crippen molar-refractivity contribution in [3.05, 3.63) is 53.9 Å². The summed E-state index contributed by atoms with van der Waals surface area (Å²) in [5, 5.41) is 4.21. The lowest BCUT2D eigenvalue weighted by Crippen LogP contribution is -2.46. The SMILES string of the molecule is CN(CCc1ccccc1)S(=O)(=O)N1CCCCC1c1cnn(C)c1. The first kappa shape index (κ1) is 18.1. The van der Waals surface area contributed by atoms with Crippen molar-refractivity contribution < 1.29 is 8.42 Å². The Morgan fingerprint density at radius 3 is 2.68 bits per heavy atom. The maximum absolute atomic E-state index is 13.1. The molecule has 0 saturated carbocycles. The van der Waals surface area contributed by atoms with Gasteiger partial charge in [-0.3, -0.25) is 4.68 Å². The second kappa shape index (κ2) is 7.68. The molecule has 1 aliphatic rings. The van der Waals surface area contributed by atoms with Crippen LogP contribution in [0.15, 0.2) is 42.7 Å². The Bertz CT molecular complexity index is 788. The van der Waals surface area contributed by atoms with Crippen LogP contribution in [0.3, 0.4) is 0 Å². The van der Waals surface area contributed by atoms with Gasteiger partial charge in [0, 0.05) is 38.9 Å². The highest BCUT2D eigenvalue weighted by Gasteiger charge is 2.36. The Labute approximate surface area is 150 Å². The van der Waals surface area contributed by atoms with Crippen LogP contribution < -0.4 is 0 Å². The van der Waals surface area contributed by atoms with E-state index in [4.69, 9.17) is 0 Å². The van der Waals surface area contributed by atoms with Crippen molar-refractivity contribution in [3.63, 3.8) is 0 Å². The minimum absolute atomic E-state index is 0.119. The van der Waals surface area contributed by atoms with E-state index in [9.17, 15) is 8.42 Å². The molecule has 1 aliphatic heterocycles. The lowest BCUT2D eigenvalue weighted by atomic mass is 10.0. The zero-order valence-corrected chi connectivity index (χ0v) is 15.7. The van der Waals surface area contributed by atoms with E-state index in [1.807, 2.05) is 43.6 Å². The van der Waals surface area contributed by atoms with Crippen LogP contribution in [0.5, 0.6) is 0 Å². The zero-order chi connectivity index (χ0) is 17.9. The number of hydrogen-bond acceptors (Lipinski definition) is 3. The fourth-order valence-corrected chi connectivity index (χ4v) is 4.94. The summed E-state index contributed by atoms with van der Waals surface area (Å²) < 4.78 is 31.1. The molecule has 0 radical (unpaired) electrons. The van der Waals surface area contributed by atoms with Gasteiger partial charge < -0.3 is 0 Å². The zero-order valence-electron chi connectivity index (χ0n) is 14.9. The Hall–Kier alpha value is -1.70. The summed E-state index contributed by atoms with van der Waals surface area (Å²) in [6.07, 6.45) is 7.20. The maximum atomic E-state index is 13.1. The quantitative estimate of drug-likeness (QED) is 0.793. The number of benzene rings is 1. The normalized spacial score (nSPS) is 19.4. The Balaban J connectivity index is 1.74. The largest absolute Gasteiger partial charge is 0.282 e. The van der Waals surface area contributed by atoms with Crippen LogP contribution in [0, 0.1) is 0 Å². The number of hydrogen-bond donors (Lipinski definition) is 0. The van der Waals surface area contributed by atoms with Gasteiger partial charge in [0.15, 0.2) is 0 Å². The number of aromatic nitrogens is 2. The van der Waals surface area contributed by atoms with Crippen molar-refractivity contribution in [2.24, 2.45) is 7.05 Å². The molecule has 136 valence electrons. The molecule has 0 amide bonds. The molecule has 1 atom stereocenters. The molecule has 1 fully saturated rings. The van der Waals surface area contributed by atoms with Gasteiger partial charge >= 0.3 is 0 Å². The second-order valence-electron chi connectivity index (χ2n) is 6.63. The molecule has 3 rings (SSSR count). The molecule has 0 N–H and O–H groups in total. The first-order chi connectivity index (χ1) is 12.0. The Kier molecular flexibility index (Phi) is 5.56. The number of likely N-dealkylation sites (N-methyl/N-ethyl adjacent to an activating group) is 1. The molecule has 1 unspecified atom stereocenters. The summed E-state index contributed by atoms with van der Waals surface area (Å²) in [6.45, 7) is 1.04. The second-order valence-corrected chi connectivity index (χ2v) is 8.62. The van der Waals surface area contributed by atoms with Crippen LogP contribution in [0.25, 0.3) is 0 Å². The molecule has 25 heavy (non-hydrogen) atoms. The van der Waals surface area contributed by atoms with Gasteiger partial charge in [-0.2, -0.15) is 22.1 Å². The molecule has 6 nitrogen and oxygen atoms in total. The Morgan fingerprint density at radius 2 is 2.00 bits per heavy atom. The number of rotatable bonds is 6. The number of nitrogens with zero attached hydrogens (tertiary/aromatic N) is 4. The van der Waals surface area contributed by atoms with Crippen molar-refractivity contribution in [1.82, 2.24) is 18.4 Å². The standard InChI is InChI=1S/C18H26N4O2S/c1-20-15-17(14-19-20)18-10-6-7-12-22(18)25(23,24)21(2)13-11-16-8-4-3-5-9-16/h3-5,8-9,14-15,18H,6-7,10-13H2,1-2H3. The summed E-state index contributed by atoms with van der Waals surface area (Å²) in [5.74, 6) is 0. The molecule has 1 aromatic heterocycles. The fourth-order valence-electron chi connectivity index (χ4n) is 3.35. The minimum Gasteiger partial charge on any atom is -0.275 e. The first-order valence-corrected chi connectivity index (χ1v) is 10.1. The third kappa shape index (κ3) is 4.11. The van der Waals surface area contributed by atoms with Crippen LogP contribution in [-0.2, 0) is 23.7 Å². The van der Waals surface area contributed by atoms with Gasteiger partial charge in [0.25, 0.3) is 10.2 Å². The van der Waals surface area contributed by atoms with Gasteiger partial charge in [-0.15, -0.1) is 0 Å². The molecule has 7 heteroatoms. The predicted octanol–water partition coefficient (Wildman–Crippen LogP) is 2.37. The fraction of sp³-hybridized carbons (Fsp3) is 0.500. The molecule has 0 spiro atoms. The van der Waals surface area contributed by atoms with Gasteiger partial charge in [-0.05, 0) is 24.8 Å². The van der Waals surface area contributed by atoms with Gasteiger partial charge in [0.1, 0.15) is 0 Å². The van der Waals surface area contributed by atoms with E-state index < -0.39 is 10.2 Å². The van der Waals surface area contributed by atoms with E-state index in [2.05, 4.69) is 5.10 Å². The topological polar surface area (TPSA) is 58.4 Å². The average Bonchev–Trinajstić information content (AvgIpc) is 3.07. The van der Waals surface area contributed by atoms with Crippen molar-refractivity contribution in [2.75, 3.05) is 20.1 Å². The van der Waals surface area contributed by atoms with Crippen molar-refractivity contribution >= 4 is 10.2 Å². The smallest absolute Gasteiger partial charge is 0.275 e.